The molecule has 0 amide bonds. The molecule has 0 radical (unpaired) electrons. The second-order valence-electron chi connectivity index (χ2n) is 6.63. The molecule has 1 aromatic carbocycles. The van der Waals surface area contributed by atoms with Crippen molar-refractivity contribution in [1.29, 1.82) is 0 Å². The Morgan fingerprint density at radius 3 is 1.78 bits per heavy atom. The summed E-state index contributed by atoms with van der Waals surface area (Å²) in [5.74, 6) is 1.04. The topological polar surface area (TPSA) is 9.23 Å². The van der Waals surface area contributed by atoms with Crippen molar-refractivity contribution in [2.24, 2.45) is 0 Å². The molecule has 1 unspecified atom stereocenters. The van der Waals surface area contributed by atoms with E-state index in [2.05, 4.69) is 59.5 Å². The number of benzene rings is 1. The monoisotopic (exact) mass is 398 g/mol. The van der Waals surface area contributed by atoms with Crippen LogP contribution in [0.3, 0.4) is 0 Å². The Morgan fingerprint density at radius 1 is 0.739 bits per heavy atom. The molecule has 0 fully saturated rings. The zero-order valence-electron chi connectivity index (χ0n) is 15.2. The minimum Gasteiger partial charge on any atom is -0.533 e. The predicted molar refractivity (Wildman–Crippen MR) is 109 cm³/mol. The van der Waals surface area contributed by atoms with E-state index < -0.39 is 6.94 Å². The van der Waals surface area contributed by atoms with Crippen LogP contribution in [0.4, 0.5) is 0 Å². The SMILES string of the molecule is CCCCCCCC[Si](Br)(CCCCCC)Oc1ccccc1. The van der Waals surface area contributed by atoms with Gasteiger partial charge in [0.25, 0.3) is 0 Å². The molecule has 0 aromatic heterocycles. The zero-order valence-corrected chi connectivity index (χ0v) is 17.7. The fourth-order valence-corrected chi connectivity index (χ4v) is 7.72. The van der Waals surface area contributed by atoms with Gasteiger partial charge < -0.3 is 4.43 Å². The highest BCUT2D eigenvalue weighted by atomic mass is 79.9. The van der Waals surface area contributed by atoms with E-state index >= 15 is 0 Å². The number of hydrogen-bond acceptors (Lipinski definition) is 1. The Kier molecular flexibility index (Phi) is 11.8. The van der Waals surface area contributed by atoms with E-state index in [9.17, 15) is 0 Å². The Bertz CT molecular complexity index is 384. The van der Waals surface area contributed by atoms with Gasteiger partial charge in [-0.05, 0) is 24.2 Å². The number of unbranched alkanes of at least 4 members (excludes halogenated alkanes) is 8. The third-order valence-corrected chi connectivity index (χ3v) is 10.0. The second kappa shape index (κ2) is 13.1. The molecule has 0 saturated carbocycles. The molecule has 0 spiro atoms. The van der Waals surface area contributed by atoms with Gasteiger partial charge in [0.1, 0.15) is 5.75 Å². The smallest absolute Gasteiger partial charge is 0.321 e. The molecule has 0 aliphatic heterocycles. The summed E-state index contributed by atoms with van der Waals surface area (Å²) in [5.41, 5.74) is 0. The summed E-state index contributed by atoms with van der Waals surface area (Å²) in [6.07, 6.45) is 13.4. The van der Waals surface area contributed by atoms with Crippen molar-refractivity contribution in [2.45, 2.75) is 90.1 Å². The van der Waals surface area contributed by atoms with Crippen LogP contribution in [0, 0.1) is 0 Å². The Labute approximate surface area is 152 Å². The number of halogens is 1. The second-order valence-corrected chi connectivity index (χ2v) is 13.9. The fraction of sp³-hybridized carbons (Fsp3) is 0.700. The molecule has 1 nitrogen and oxygen atoms in total. The molecule has 1 rings (SSSR count). The molecule has 132 valence electrons. The lowest BCUT2D eigenvalue weighted by molar-refractivity contribution is 0.537. The summed E-state index contributed by atoms with van der Waals surface area (Å²) in [5, 5.41) is 0. The normalized spacial score (nSPS) is 13.7. The molecule has 0 N–H and O–H groups in total. The minimum atomic E-state index is -1.80. The van der Waals surface area contributed by atoms with Crippen molar-refractivity contribution in [3.05, 3.63) is 30.3 Å². The lowest BCUT2D eigenvalue weighted by Gasteiger charge is -2.26. The standard InChI is InChI=1S/C20H35BrOSi/c1-3-5-7-9-10-15-19-23(21,18-14-8-6-4-2)22-20-16-12-11-13-17-20/h11-13,16-17H,3-10,14-15,18-19H2,1-2H3. The maximum absolute atomic E-state index is 6.47. The highest BCUT2D eigenvalue weighted by Gasteiger charge is 2.32. The van der Waals surface area contributed by atoms with Crippen molar-refractivity contribution in [2.75, 3.05) is 0 Å². The number of para-hydroxylation sites is 1. The molecule has 1 aromatic rings. The van der Waals surface area contributed by atoms with Crippen LogP contribution in [-0.4, -0.2) is 6.94 Å². The predicted octanol–water partition coefficient (Wildman–Crippen LogP) is 7.84. The van der Waals surface area contributed by atoms with Crippen LogP contribution >= 0.6 is 15.3 Å². The molecule has 1 atom stereocenters. The van der Waals surface area contributed by atoms with Crippen LogP contribution in [0.5, 0.6) is 5.75 Å². The molecule has 3 heteroatoms. The van der Waals surface area contributed by atoms with E-state index in [0.717, 1.165) is 5.75 Å². The van der Waals surface area contributed by atoms with E-state index in [-0.39, 0.29) is 0 Å². The molecule has 0 aliphatic carbocycles. The Balaban J connectivity index is 2.43. The van der Waals surface area contributed by atoms with Crippen molar-refractivity contribution in [1.82, 2.24) is 0 Å². The molecule has 0 heterocycles. The summed E-state index contributed by atoms with van der Waals surface area (Å²) in [4.78, 5) is 0. The lowest BCUT2D eigenvalue weighted by atomic mass is 10.1. The van der Waals surface area contributed by atoms with Crippen molar-refractivity contribution >= 4 is 22.2 Å². The maximum Gasteiger partial charge on any atom is 0.321 e. The first-order chi connectivity index (χ1) is 11.2. The van der Waals surface area contributed by atoms with Gasteiger partial charge in [-0.3, -0.25) is 0 Å². The van der Waals surface area contributed by atoms with E-state index in [1.54, 1.807) is 0 Å². The van der Waals surface area contributed by atoms with Gasteiger partial charge in [0.15, 0.2) is 0 Å². The lowest BCUT2D eigenvalue weighted by Crippen LogP contribution is -2.34. The van der Waals surface area contributed by atoms with Crippen molar-refractivity contribution in [3.63, 3.8) is 0 Å². The number of rotatable bonds is 14. The summed E-state index contributed by atoms with van der Waals surface area (Å²) >= 11 is 4.07. The first-order valence-electron chi connectivity index (χ1n) is 9.63. The molecule has 23 heavy (non-hydrogen) atoms. The van der Waals surface area contributed by atoms with E-state index in [1.807, 2.05) is 0 Å². The van der Waals surface area contributed by atoms with Gasteiger partial charge in [0.2, 0.25) is 0 Å². The maximum atomic E-state index is 6.47. The molecule has 0 aliphatic rings. The first-order valence-corrected chi connectivity index (χ1v) is 14.2. The largest absolute Gasteiger partial charge is 0.533 e. The van der Waals surface area contributed by atoms with Gasteiger partial charge in [0.05, 0.1) is 0 Å². The molecule has 0 saturated heterocycles. The minimum absolute atomic E-state index is 1.04. The van der Waals surface area contributed by atoms with Crippen LogP contribution in [0.2, 0.25) is 12.1 Å². The van der Waals surface area contributed by atoms with Crippen LogP contribution < -0.4 is 4.43 Å². The Hall–Kier alpha value is -0.283. The third-order valence-electron chi connectivity index (χ3n) is 4.35. The first kappa shape index (κ1) is 20.8. The van der Waals surface area contributed by atoms with E-state index in [1.165, 1.54) is 76.3 Å². The van der Waals surface area contributed by atoms with Crippen LogP contribution in [0.25, 0.3) is 0 Å². The fourth-order valence-electron chi connectivity index (χ4n) is 2.91. The highest BCUT2D eigenvalue weighted by Crippen LogP contribution is 2.31. The van der Waals surface area contributed by atoms with E-state index in [0.29, 0.717) is 0 Å². The summed E-state index contributed by atoms with van der Waals surface area (Å²) < 4.78 is 6.47. The molecular formula is C20H35BrOSi. The van der Waals surface area contributed by atoms with Crippen molar-refractivity contribution < 1.29 is 4.43 Å². The van der Waals surface area contributed by atoms with Gasteiger partial charge in [-0.1, -0.05) is 112 Å². The average Bonchev–Trinajstić information content (AvgIpc) is 2.56. The van der Waals surface area contributed by atoms with Gasteiger partial charge in [0, 0.05) is 0 Å². The highest BCUT2D eigenvalue weighted by molar-refractivity contribution is 9.25. The van der Waals surface area contributed by atoms with Gasteiger partial charge in [-0.25, -0.2) is 0 Å². The summed E-state index contributed by atoms with van der Waals surface area (Å²) in [6.45, 7) is 2.76. The van der Waals surface area contributed by atoms with E-state index in [4.69, 9.17) is 4.43 Å². The van der Waals surface area contributed by atoms with Crippen molar-refractivity contribution in [3.8, 4) is 5.75 Å². The average molecular weight is 399 g/mol. The van der Waals surface area contributed by atoms with Crippen LogP contribution in [0.1, 0.15) is 78.1 Å². The Morgan fingerprint density at radius 2 is 1.22 bits per heavy atom. The zero-order chi connectivity index (χ0) is 16.8. The van der Waals surface area contributed by atoms with Crippen LogP contribution in [-0.2, 0) is 0 Å². The molecular weight excluding hydrogens is 364 g/mol. The quantitative estimate of drug-likeness (QED) is 0.176. The van der Waals surface area contributed by atoms with Gasteiger partial charge in [-0.15, -0.1) is 0 Å². The molecule has 0 bridgehead atoms. The third kappa shape index (κ3) is 10.2. The number of hydrogen-bond donors (Lipinski definition) is 0. The van der Waals surface area contributed by atoms with Gasteiger partial charge in [-0.2, -0.15) is 0 Å². The summed E-state index contributed by atoms with van der Waals surface area (Å²) in [6, 6.07) is 12.8. The van der Waals surface area contributed by atoms with Gasteiger partial charge >= 0.3 is 6.94 Å². The summed E-state index contributed by atoms with van der Waals surface area (Å²) in [7, 11) is 0. The van der Waals surface area contributed by atoms with Crippen LogP contribution in [0.15, 0.2) is 30.3 Å².